The second kappa shape index (κ2) is 3.33. The zero-order valence-electron chi connectivity index (χ0n) is 8.12. The monoisotopic (exact) mass is 191 g/mol. The third-order valence-corrected chi connectivity index (χ3v) is 2.73. The van der Waals surface area contributed by atoms with E-state index < -0.39 is 0 Å². The van der Waals surface area contributed by atoms with Crippen LogP contribution in [0.25, 0.3) is 0 Å². The highest BCUT2D eigenvalue weighted by Gasteiger charge is 2.29. The van der Waals surface area contributed by atoms with Gasteiger partial charge in [0, 0.05) is 5.69 Å². The zero-order valence-corrected chi connectivity index (χ0v) is 8.12. The van der Waals surface area contributed by atoms with Gasteiger partial charge in [0.1, 0.15) is 0 Å². The molecule has 74 valence electrons. The average molecular weight is 191 g/mol. The Bertz CT molecular complexity index is 374. The molecule has 0 heterocycles. The Morgan fingerprint density at radius 3 is 3.07 bits per heavy atom. The minimum absolute atomic E-state index is 0.0874. The Hall–Kier alpha value is -1.51. The van der Waals surface area contributed by atoms with Crippen LogP contribution >= 0.6 is 0 Å². The number of carbonyl (C=O) groups is 1. The number of carbonyl (C=O) groups excluding carboxylic acids is 1. The van der Waals surface area contributed by atoms with Crippen LogP contribution in [0.3, 0.4) is 0 Å². The predicted molar refractivity (Wildman–Crippen MR) is 53.9 cm³/mol. The molecule has 1 unspecified atom stereocenters. The highest BCUT2D eigenvalue weighted by atomic mass is 16.5. The normalized spacial score (nSPS) is 19.1. The molecule has 3 nitrogen and oxygen atoms in total. The second-order valence-electron chi connectivity index (χ2n) is 3.57. The van der Waals surface area contributed by atoms with E-state index in [4.69, 9.17) is 10.5 Å². The van der Waals surface area contributed by atoms with E-state index in [9.17, 15) is 4.79 Å². The topological polar surface area (TPSA) is 52.3 Å². The second-order valence-corrected chi connectivity index (χ2v) is 3.57. The minimum atomic E-state index is -0.145. The van der Waals surface area contributed by atoms with Gasteiger partial charge >= 0.3 is 5.97 Å². The van der Waals surface area contributed by atoms with Gasteiger partial charge in [0.25, 0.3) is 0 Å². The summed E-state index contributed by atoms with van der Waals surface area (Å²) in [4.78, 5) is 11.4. The van der Waals surface area contributed by atoms with Crippen molar-refractivity contribution in [1.82, 2.24) is 0 Å². The van der Waals surface area contributed by atoms with E-state index in [1.54, 1.807) is 0 Å². The quantitative estimate of drug-likeness (QED) is 0.540. The number of esters is 1. The molecule has 1 atom stereocenters. The van der Waals surface area contributed by atoms with Gasteiger partial charge in [-0.05, 0) is 36.1 Å². The molecule has 3 heteroatoms. The van der Waals surface area contributed by atoms with Gasteiger partial charge in [0.2, 0.25) is 0 Å². The van der Waals surface area contributed by atoms with E-state index in [2.05, 4.69) is 0 Å². The first-order chi connectivity index (χ1) is 6.72. The Morgan fingerprint density at radius 1 is 1.57 bits per heavy atom. The standard InChI is InChI=1S/C11H13NO2/c1-14-11(13)10-4-2-7-6-8(12)3-5-9(7)10/h3,5-6,10H,2,4,12H2,1H3. The fourth-order valence-electron chi connectivity index (χ4n) is 2.02. The molecule has 0 saturated heterocycles. The van der Waals surface area contributed by atoms with Crippen molar-refractivity contribution in [3.8, 4) is 0 Å². The lowest BCUT2D eigenvalue weighted by Gasteiger charge is -2.08. The summed E-state index contributed by atoms with van der Waals surface area (Å²) in [6.07, 6.45) is 1.76. The van der Waals surface area contributed by atoms with Crippen LogP contribution in [0.1, 0.15) is 23.5 Å². The molecule has 0 bridgehead atoms. The highest BCUT2D eigenvalue weighted by Crippen LogP contribution is 2.34. The van der Waals surface area contributed by atoms with Crippen molar-refractivity contribution in [1.29, 1.82) is 0 Å². The lowest BCUT2D eigenvalue weighted by molar-refractivity contribution is -0.142. The zero-order chi connectivity index (χ0) is 10.1. The number of methoxy groups -OCH3 is 1. The molecule has 0 spiro atoms. The van der Waals surface area contributed by atoms with E-state index in [-0.39, 0.29) is 11.9 Å². The van der Waals surface area contributed by atoms with E-state index in [0.29, 0.717) is 0 Å². The molecule has 0 aromatic heterocycles. The maximum atomic E-state index is 11.4. The number of hydrogen-bond acceptors (Lipinski definition) is 3. The molecule has 0 saturated carbocycles. The maximum absolute atomic E-state index is 11.4. The van der Waals surface area contributed by atoms with Gasteiger partial charge in [0.05, 0.1) is 13.0 Å². The number of anilines is 1. The molecule has 0 aliphatic heterocycles. The number of nitrogen functional groups attached to an aromatic ring is 1. The number of aryl methyl sites for hydroxylation is 1. The number of benzene rings is 1. The van der Waals surface area contributed by atoms with Crippen LogP contribution in [-0.2, 0) is 16.0 Å². The fourth-order valence-corrected chi connectivity index (χ4v) is 2.02. The van der Waals surface area contributed by atoms with Crippen molar-refractivity contribution >= 4 is 11.7 Å². The largest absolute Gasteiger partial charge is 0.469 e. The molecule has 1 aromatic carbocycles. The molecule has 14 heavy (non-hydrogen) atoms. The Morgan fingerprint density at radius 2 is 2.36 bits per heavy atom. The van der Waals surface area contributed by atoms with Crippen molar-refractivity contribution in [2.75, 3.05) is 12.8 Å². The Labute approximate surface area is 82.9 Å². The van der Waals surface area contributed by atoms with Crippen LogP contribution in [0.2, 0.25) is 0 Å². The summed E-state index contributed by atoms with van der Waals surface area (Å²) >= 11 is 0. The van der Waals surface area contributed by atoms with E-state index in [1.807, 2.05) is 18.2 Å². The SMILES string of the molecule is COC(=O)C1CCc2cc(N)ccc21. The third-order valence-electron chi connectivity index (χ3n) is 2.73. The summed E-state index contributed by atoms with van der Waals surface area (Å²) < 4.78 is 4.75. The van der Waals surface area contributed by atoms with Gasteiger partial charge < -0.3 is 10.5 Å². The Kier molecular flexibility index (Phi) is 2.15. The van der Waals surface area contributed by atoms with Crippen LogP contribution in [0.15, 0.2) is 18.2 Å². The first kappa shape index (κ1) is 9.06. The van der Waals surface area contributed by atoms with Crippen LogP contribution in [0.5, 0.6) is 0 Å². The number of ether oxygens (including phenoxy) is 1. The van der Waals surface area contributed by atoms with Crippen LogP contribution < -0.4 is 5.73 Å². The molecule has 0 amide bonds. The fraction of sp³-hybridized carbons (Fsp3) is 0.364. The molecule has 0 radical (unpaired) electrons. The van der Waals surface area contributed by atoms with Gasteiger partial charge in [-0.15, -0.1) is 0 Å². The molecule has 2 rings (SSSR count). The summed E-state index contributed by atoms with van der Waals surface area (Å²) in [7, 11) is 1.43. The summed E-state index contributed by atoms with van der Waals surface area (Å²) in [5, 5.41) is 0. The van der Waals surface area contributed by atoms with Crippen molar-refractivity contribution in [3.63, 3.8) is 0 Å². The molecule has 0 fully saturated rings. The first-order valence-electron chi connectivity index (χ1n) is 4.68. The third kappa shape index (κ3) is 1.35. The van der Waals surface area contributed by atoms with E-state index in [1.165, 1.54) is 12.7 Å². The summed E-state index contributed by atoms with van der Waals surface area (Å²) in [5.74, 6) is -0.232. The van der Waals surface area contributed by atoms with Gasteiger partial charge in [-0.2, -0.15) is 0 Å². The van der Waals surface area contributed by atoms with Gasteiger partial charge in [0.15, 0.2) is 0 Å². The lowest BCUT2D eigenvalue weighted by Crippen LogP contribution is -2.11. The van der Waals surface area contributed by atoms with Crippen molar-refractivity contribution in [3.05, 3.63) is 29.3 Å². The van der Waals surface area contributed by atoms with Crippen LogP contribution in [0, 0.1) is 0 Å². The first-order valence-corrected chi connectivity index (χ1v) is 4.68. The molecule has 1 aliphatic carbocycles. The van der Waals surface area contributed by atoms with E-state index in [0.717, 1.165) is 24.1 Å². The molecular formula is C11H13NO2. The highest BCUT2D eigenvalue weighted by molar-refractivity contribution is 5.80. The van der Waals surface area contributed by atoms with Gasteiger partial charge in [-0.25, -0.2) is 0 Å². The predicted octanol–water partition coefficient (Wildman–Crippen LogP) is 1.47. The molecule has 2 N–H and O–H groups in total. The minimum Gasteiger partial charge on any atom is -0.469 e. The summed E-state index contributed by atoms with van der Waals surface area (Å²) in [6, 6.07) is 5.71. The van der Waals surface area contributed by atoms with E-state index >= 15 is 0 Å². The number of nitrogens with two attached hydrogens (primary N) is 1. The molecule has 1 aliphatic rings. The molecule has 1 aromatic rings. The van der Waals surface area contributed by atoms with Crippen molar-refractivity contribution in [2.24, 2.45) is 0 Å². The van der Waals surface area contributed by atoms with Crippen molar-refractivity contribution < 1.29 is 9.53 Å². The maximum Gasteiger partial charge on any atom is 0.313 e. The van der Waals surface area contributed by atoms with Gasteiger partial charge in [-0.1, -0.05) is 6.07 Å². The van der Waals surface area contributed by atoms with Gasteiger partial charge in [-0.3, -0.25) is 4.79 Å². The number of rotatable bonds is 1. The van der Waals surface area contributed by atoms with Crippen molar-refractivity contribution in [2.45, 2.75) is 18.8 Å². The smallest absolute Gasteiger partial charge is 0.313 e. The molecular weight excluding hydrogens is 178 g/mol. The number of hydrogen-bond donors (Lipinski definition) is 1. The lowest BCUT2D eigenvalue weighted by atomic mass is 10.0. The average Bonchev–Trinajstić information content (AvgIpc) is 2.59. The summed E-state index contributed by atoms with van der Waals surface area (Å²) in [6.45, 7) is 0. The van der Waals surface area contributed by atoms with Crippen LogP contribution in [0.4, 0.5) is 5.69 Å². The number of fused-ring (bicyclic) bond motifs is 1. The summed E-state index contributed by atoms with van der Waals surface area (Å²) in [5.41, 5.74) is 8.68. The Balaban J connectivity index is 2.35. The van der Waals surface area contributed by atoms with Crippen LogP contribution in [-0.4, -0.2) is 13.1 Å².